The van der Waals surface area contributed by atoms with Gasteiger partial charge in [0.25, 0.3) is 0 Å². The highest BCUT2D eigenvalue weighted by molar-refractivity contribution is 6.35. The van der Waals surface area contributed by atoms with Crippen molar-refractivity contribution in [3.63, 3.8) is 0 Å². The van der Waals surface area contributed by atoms with Gasteiger partial charge >= 0.3 is 0 Å². The minimum Gasteiger partial charge on any atom is -0.436 e. The van der Waals surface area contributed by atoms with Gasteiger partial charge in [-0.15, -0.1) is 0 Å². The highest BCUT2D eigenvalue weighted by atomic mass is 35.5. The van der Waals surface area contributed by atoms with E-state index in [1.165, 1.54) is 0 Å². The maximum absolute atomic E-state index is 5.91. The minimum absolute atomic E-state index is 0.356. The SMILES string of the molecule is Nc1cc(-c2nc3ccccc3o2)cc(N)c1Cl. The number of halogens is 1. The monoisotopic (exact) mass is 259 g/mol. The van der Waals surface area contributed by atoms with Crippen LogP contribution >= 0.6 is 11.6 Å². The third-order valence-electron chi connectivity index (χ3n) is 2.67. The summed E-state index contributed by atoms with van der Waals surface area (Å²) in [4.78, 5) is 4.37. The van der Waals surface area contributed by atoms with Crippen LogP contribution in [0.3, 0.4) is 0 Å². The molecule has 3 rings (SSSR count). The van der Waals surface area contributed by atoms with Crippen LogP contribution in [0.15, 0.2) is 40.8 Å². The summed E-state index contributed by atoms with van der Waals surface area (Å²) in [6, 6.07) is 10.9. The molecule has 0 aliphatic carbocycles. The first-order chi connectivity index (χ1) is 8.65. The van der Waals surface area contributed by atoms with Crippen LogP contribution in [-0.2, 0) is 0 Å². The van der Waals surface area contributed by atoms with Gasteiger partial charge in [-0.05, 0) is 24.3 Å². The van der Waals surface area contributed by atoms with Gasteiger partial charge in [-0.25, -0.2) is 4.98 Å². The van der Waals surface area contributed by atoms with Gasteiger partial charge < -0.3 is 15.9 Å². The van der Waals surface area contributed by atoms with Gasteiger partial charge in [0, 0.05) is 5.56 Å². The van der Waals surface area contributed by atoms with Gasteiger partial charge in [0.15, 0.2) is 5.58 Å². The van der Waals surface area contributed by atoms with Crippen molar-refractivity contribution in [2.75, 3.05) is 11.5 Å². The van der Waals surface area contributed by atoms with E-state index in [0.717, 1.165) is 11.1 Å². The predicted octanol–water partition coefficient (Wildman–Crippen LogP) is 3.31. The Balaban J connectivity index is 2.20. The van der Waals surface area contributed by atoms with Crippen LogP contribution in [0, 0.1) is 0 Å². The predicted molar refractivity (Wildman–Crippen MR) is 73.3 cm³/mol. The Morgan fingerprint density at radius 2 is 1.72 bits per heavy atom. The van der Waals surface area contributed by atoms with E-state index in [2.05, 4.69) is 4.98 Å². The second-order valence-electron chi connectivity index (χ2n) is 3.96. The summed E-state index contributed by atoms with van der Waals surface area (Å²) in [6.45, 7) is 0. The van der Waals surface area contributed by atoms with Gasteiger partial charge in [0.1, 0.15) is 5.52 Å². The number of benzene rings is 2. The van der Waals surface area contributed by atoms with E-state index in [9.17, 15) is 0 Å². The van der Waals surface area contributed by atoms with Crippen molar-refractivity contribution >= 4 is 34.1 Å². The van der Waals surface area contributed by atoms with Gasteiger partial charge in [-0.3, -0.25) is 0 Å². The molecule has 2 aromatic carbocycles. The Kier molecular flexibility index (Phi) is 2.38. The molecule has 0 fully saturated rings. The number of para-hydroxylation sites is 2. The Morgan fingerprint density at radius 3 is 2.39 bits per heavy atom. The molecule has 0 saturated carbocycles. The third kappa shape index (κ3) is 1.67. The van der Waals surface area contributed by atoms with E-state index >= 15 is 0 Å². The molecule has 1 aromatic heterocycles. The van der Waals surface area contributed by atoms with Crippen LogP contribution in [0.2, 0.25) is 5.02 Å². The fraction of sp³-hybridized carbons (Fsp3) is 0. The van der Waals surface area contributed by atoms with E-state index in [-0.39, 0.29) is 0 Å². The van der Waals surface area contributed by atoms with E-state index in [1.54, 1.807) is 12.1 Å². The van der Waals surface area contributed by atoms with Crippen LogP contribution in [0.4, 0.5) is 11.4 Å². The highest BCUT2D eigenvalue weighted by Crippen LogP contribution is 2.33. The van der Waals surface area contributed by atoms with Crippen LogP contribution in [-0.4, -0.2) is 4.98 Å². The maximum atomic E-state index is 5.91. The third-order valence-corrected chi connectivity index (χ3v) is 3.11. The quantitative estimate of drug-likeness (QED) is 0.657. The van der Waals surface area contributed by atoms with Gasteiger partial charge in [0.2, 0.25) is 5.89 Å². The lowest BCUT2D eigenvalue weighted by Gasteiger charge is -2.04. The molecule has 4 N–H and O–H groups in total. The molecular formula is C13H10ClN3O. The minimum atomic E-state index is 0.356. The normalized spacial score (nSPS) is 10.9. The number of oxazole rings is 1. The lowest BCUT2D eigenvalue weighted by atomic mass is 10.2. The molecule has 0 radical (unpaired) electrons. The molecule has 0 aliphatic rings. The summed E-state index contributed by atoms with van der Waals surface area (Å²) in [7, 11) is 0. The molecule has 1 heterocycles. The molecule has 18 heavy (non-hydrogen) atoms. The van der Waals surface area contributed by atoms with E-state index in [4.69, 9.17) is 27.5 Å². The molecule has 4 nitrogen and oxygen atoms in total. The number of hydrogen-bond donors (Lipinski definition) is 2. The summed E-state index contributed by atoms with van der Waals surface area (Å²) in [5.74, 6) is 0.478. The molecule has 0 bridgehead atoms. The molecule has 3 aromatic rings. The van der Waals surface area contributed by atoms with E-state index < -0.39 is 0 Å². The number of anilines is 2. The first-order valence-corrected chi connectivity index (χ1v) is 5.73. The number of nitrogen functional groups attached to an aromatic ring is 2. The zero-order valence-electron chi connectivity index (χ0n) is 9.35. The highest BCUT2D eigenvalue weighted by Gasteiger charge is 2.11. The Bertz CT molecular complexity index is 680. The van der Waals surface area contributed by atoms with Crippen molar-refractivity contribution < 1.29 is 4.42 Å². The number of aromatic nitrogens is 1. The number of rotatable bonds is 1. The van der Waals surface area contributed by atoms with Gasteiger partial charge in [0.05, 0.1) is 16.4 Å². The summed E-state index contributed by atoms with van der Waals surface area (Å²) in [5.41, 5.74) is 14.6. The molecule has 0 saturated heterocycles. The number of nitrogens with zero attached hydrogens (tertiary/aromatic N) is 1. The first kappa shape index (κ1) is 10.9. The molecule has 0 unspecified atom stereocenters. The first-order valence-electron chi connectivity index (χ1n) is 5.35. The number of fused-ring (bicyclic) bond motifs is 1. The molecule has 0 amide bonds. The van der Waals surface area contributed by atoms with Crippen LogP contribution < -0.4 is 11.5 Å². The van der Waals surface area contributed by atoms with E-state index in [0.29, 0.717) is 27.9 Å². The van der Waals surface area contributed by atoms with Crippen LogP contribution in [0.5, 0.6) is 0 Å². The van der Waals surface area contributed by atoms with Gasteiger partial charge in [-0.1, -0.05) is 23.7 Å². The zero-order valence-corrected chi connectivity index (χ0v) is 10.1. The fourth-order valence-electron chi connectivity index (χ4n) is 1.79. The summed E-state index contributed by atoms with van der Waals surface area (Å²) >= 11 is 5.91. The molecular weight excluding hydrogens is 250 g/mol. The lowest BCUT2D eigenvalue weighted by Crippen LogP contribution is -1.94. The van der Waals surface area contributed by atoms with Crippen molar-refractivity contribution in [1.29, 1.82) is 0 Å². The average Bonchev–Trinajstić information content (AvgIpc) is 2.79. The van der Waals surface area contributed by atoms with Crippen LogP contribution in [0.25, 0.3) is 22.6 Å². The van der Waals surface area contributed by atoms with Crippen molar-refractivity contribution in [2.45, 2.75) is 0 Å². The number of nitrogens with two attached hydrogens (primary N) is 2. The zero-order chi connectivity index (χ0) is 12.7. The van der Waals surface area contributed by atoms with Gasteiger partial charge in [-0.2, -0.15) is 0 Å². The average molecular weight is 260 g/mol. The van der Waals surface area contributed by atoms with Crippen molar-refractivity contribution in [2.24, 2.45) is 0 Å². The summed E-state index contributed by atoms with van der Waals surface area (Å²) < 4.78 is 5.64. The van der Waals surface area contributed by atoms with Crippen molar-refractivity contribution in [1.82, 2.24) is 4.98 Å². The maximum Gasteiger partial charge on any atom is 0.227 e. The lowest BCUT2D eigenvalue weighted by molar-refractivity contribution is 0.620. The van der Waals surface area contributed by atoms with Crippen molar-refractivity contribution in [3.05, 3.63) is 41.4 Å². The largest absolute Gasteiger partial charge is 0.436 e. The summed E-state index contributed by atoms with van der Waals surface area (Å²) in [6.07, 6.45) is 0. The second-order valence-corrected chi connectivity index (χ2v) is 4.33. The standard InChI is InChI=1S/C13H10ClN3O/c14-12-8(15)5-7(6-9(12)16)13-17-10-3-1-2-4-11(10)18-13/h1-6H,15-16H2. The van der Waals surface area contributed by atoms with Crippen molar-refractivity contribution in [3.8, 4) is 11.5 Å². The topological polar surface area (TPSA) is 78.1 Å². The molecule has 5 heteroatoms. The Hall–Kier alpha value is -2.20. The smallest absolute Gasteiger partial charge is 0.227 e. The number of hydrogen-bond acceptors (Lipinski definition) is 4. The molecule has 90 valence electrons. The molecule has 0 atom stereocenters. The van der Waals surface area contributed by atoms with Crippen LogP contribution in [0.1, 0.15) is 0 Å². The summed E-state index contributed by atoms with van der Waals surface area (Å²) in [5, 5.41) is 0.356. The Labute approximate surface area is 108 Å². The fourth-order valence-corrected chi connectivity index (χ4v) is 1.90. The molecule has 0 aliphatic heterocycles. The Morgan fingerprint density at radius 1 is 1.06 bits per heavy atom. The molecule has 0 spiro atoms. The second kappa shape index (κ2) is 3.92. The van der Waals surface area contributed by atoms with E-state index in [1.807, 2.05) is 24.3 Å².